The lowest BCUT2D eigenvalue weighted by atomic mass is 10.1. The Bertz CT molecular complexity index is 1170. The van der Waals surface area contributed by atoms with Gasteiger partial charge in [0.2, 0.25) is 5.43 Å². The van der Waals surface area contributed by atoms with Crippen molar-refractivity contribution in [1.29, 1.82) is 0 Å². The van der Waals surface area contributed by atoms with Gasteiger partial charge in [0.25, 0.3) is 5.91 Å². The second kappa shape index (κ2) is 7.64. The molecule has 3 aromatic rings. The molecule has 0 bridgehead atoms. The molecule has 1 N–H and O–H groups in total. The molecule has 1 aliphatic rings. The summed E-state index contributed by atoms with van der Waals surface area (Å²) >= 11 is 1.23. The van der Waals surface area contributed by atoms with Gasteiger partial charge in [0.05, 0.1) is 5.56 Å². The van der Waals surface area contributed by atoms with E-state index in [-0.39, 0.29) is 35.1 Å². The van der Waals surface area contributed by atoms with E-state index in [1.54, 1.807) is 27.8 Å². The highest BCUT2D eigenvalue weighted by atomic mass is 32.1. The first-order valence-electron chi connectivity index (χ1n) is 9.62. The Labute approximate surface area is 176 Å². The summed E-state index contributed by atoms with van der Waals surface area (Å²) in [4.78, 5) is 27.4. The van der Waals surface area contributed by atoms with E-state index in [0.29, 0.717) is 23.0 Å². The van der Waals surface area contributed by atoms with Crippen molar-refractivity contribution >= 4 is 17.2 Å². The molecule has 0 fully saturated rings. The molecular weight excluding hydrogens is 407 g/mol. The number of aromatic nitrogens is 3. The van der Waals surface area contributed by atoms with Crippen molar-refractivity contribution in [1.82, 2.24) is 19.7 Å². The van der Waals surface area contributed by atoms with Gasteiger partial charge >= 0.3 is 0 Å². The van der Waals surface area contributed by atoms with E-state index in [9.17, 15) is 19.1 Å². The van der Waals surface area contributed by atoms with Crippen molar-refractivity contribution in [3.8, 4) is 16.3 Å². The van der Waals surface area contributed by atoms with E-state index in [2.05, 4.69) is 10.2 Å². The molecule has 2 aromatic heterocycles. The third kappa shape index (κ3) is 3.49. The lowest BCUT2D eigenvalue weighted by molar-refractivity contribution is 0.0531. The van der Waals surface area contributed by atoms with Crippen LogP contribution in [0.5, 0.6) is 5.75 Å². The Morgan fingerprint density at radius 1 is 1.23 bits per heavy atom. The molecule has 0 saturated heterocycles. The number of hydrogen-bond donors (Lipinski definition) is 1. The fourth-order valence-electron chi connectivity index (χ4n) is 3.82. The van der Waals surface area contributed by atoms with Gasteiger partial charge in [-0.1, -0.05) is 23.5 Å². The second-order valence-electron chi connectivity index (χ2n) is 7.68. The van der Waals surface area contributed by atoms with Gasteiger partial charge in [0.1, 0.15) is 10.8 Å². The molecule has 0 unspecified atom stereocenters. The molecule has 0 spiro atoms. The van der Waals surface area contributed by atoms with Crippen LogP contribution in [0.25, 0.3) is 10.6 Å². The summed E-state index contributed by atoms with van der Waals surface area (Å²) < 4.78 is 14.7. The third-order valence-corrected chi connectivity index (χ3v) is 6.11. The number of halogens is 1. The van der Waals surface area contributed by atoms with E-state index < -0.39 is 11.2 Å². The van der Waals surface area contributed by atoms with E-state index in [4.69, 9.17) is 0 Å². The molecule has 0 aliphatic carbocycles. The zero-order valence-electron chi connectivity index (χ0n) is 16.8. The van der Waals surface area contributed by atoms with Crippen LogP contribution >= 0.6 is 11.3 Å². The molecule has 0 radical (unpaired) electrons. The SMILES string of the molecule is CC(C)N1C(=O)c2c(O)c(=O)c(-c3nnc(Cc4ccc(F)cc4)s3)cn2C[C@@H]1C. The molecule has 156 valence electrons. The van der Waals surface area contributed by atoms with Gasteiger partial charge in [-0.25, -0.2) is 4.39 Å². The Kier molecular flexibility index (Phi) is 5.15. The number of amides is 1. The second-order valence-corrected chi connectivity index (χ2v) is 8.74. The predicted octanol–water partition coefficient (Wildman–Crippen LogP) is 3.06. The van der Waals surface area contributed by atoms with Crippen molar-refractivity contribution in [2.45, 2.75) is 45.8 Å². The molecule has 0 saturated carbocycles. The molecule has 3 heterocycles. The zero-order chi connectivity index (χ0) is 21.6. The minimum Gasteiger partial charge on any atom is -0.503 e. The molecule has 1 amide bonds. The van der Waals surface area contributed by atoms with E-state index >= 15 is 0 Å². The van der Waals surface area contributed by atoms with Gasteiger partial charge in [-0.05, 0) is 38.5 Å². The van der Waals surface area contributed by atoms with Gasteiger partial charge in [0, 0.05) is 31.2 Å². The summed E-state index contributed by atoms with van der Waals surface area (Å²) in [6, 6.07) is 5.97. The molecule has 9 heteroatoms. The first-order chi connectivity index (χ1) is 14.3. The highest BCUT2D eigenvalue weighted by Gasteiger charge is 2.35. The van der Waals surface area contributed by atoms with Crippen LogP contribution in [0.1, 0.15) is 41.8 Å². The monoisotopic (exact) mass is 428 g/mol. The standard InChI is InChI=1S/C21H21FN4O3S/c1-11(2)26-12(3)9-25-10-15(18(27)19(28)17(25)21(26)29)20-24-23-16(30-20)8-13-4-6-14(22)7-5-13/h4-7,10-12,28H,8-9H2,1-3H3/t12-/m0/s1. The topological polar surface area (TPSA) is 88.3 Å². The Balaban J connectivity index is 1.70. The van der Waals surface area contributed by atoms with Crippen LogP contribution in [0.2, 0.25) is 0 Å². The zero-order valence-corrected chi connectivity index (χ0v) is 17.6. The number of rotatable bonds is 4. The van der Waals surface area contributed by atoms with Gasteiger partial charge in [0.15, 0.2) is 16.5 Å². The van der Waals surface area contributed by atoms with Gasteiger partial charge < -0.3 is 14.6 Å². The highest BCUT2D eigenvalue weighted by molar-refractivity contribution is 7.14. The number of carbonyl (C=O) groups excluding carboxylic acids is 1. The number of pyridine rings is 1. The van der Waals surface area contributed by atoms with Crippen LogP contribution in [0.15, 0.2) is 35.3 Å². The van der Waals surface area contributed by atoms with Crippen molar-refractivity contribution in [3.63, 3.8) is 0 Å². The van der Waals surface area contributed by atoms with Crippen molar-refractivity contribution in [2.24, 2.45) is 0 Å². The molecule has 1 atom stereocenters. The summed E-state index contributed by atoms with van der Waals surface area (Å²) in [5.41, 5.74) is 0.443. The van der Waals surface area contributed by atoms with Gasteiger partial charge in [-0.3, -0.25) is 9.59 Å². The predicted molar refractivity (Wildman–Crippen MR) is 111 cm³/mol. The van der Waals surface area contributed by atoms with E-state index in [1.807, 2.05) is 20.8 Å². The maximum absolute atomic E-state index is 13.1. The normalized spacial score (nSPS) is 16.2. The average molecular weight is 428 g/mol. The molecule has 1 aromatic carbocycles. The Hall–Kier alpha value is -3.07. The van der Waals surface area contributed by atoms with Crippen LogP contribution in [0.4, 0.5) is 4.39 Å². The largest absolute Gasteiger partial charge is 0.503 e. The summed E-state index contributed by atoms with van der Waals surface area (Å²) in [6.45, 7) is 6.19. The first-order valence-corrected chi connectivity index (χ1v) is 10.4. The molecule has 4 rings (SSSR count). The van der Waals surface area contributed by atoms with Crippen LogP contribution in [0, 0.1) is 5.82 Å². The summed E-state index contributed by atoms with van der Waals surface area (Å²) in [6.07, 6.45) is 2.03. The number of benzene rings is 1. The molecule has 7 nitrogen and oxygen atoms in total. The van der Waals surface area contributed by atoms with Crippen LogP contribution in [-0.2, 0) is 13.0 Å². The number of aromatic hydroxyl groups is 1. The van der Waals surface area contributed by atoms with Crippen LogP contribution < -0.4 is 5.43 Å². The highest BCUT2D eigenvalue weighted by Crippen LogP contribution is 2.29. The van der Waals surface area contributed by atoms with Gasteiger partial charge in [-0.2, -0.15) is 0 Å². The fraction of sp³-hybridized carbons (Fsp3) is 0.333. The fourth-order valence-corrected chi connectivity index (χ4v) is 4.70. The number of hydrogen-bond acceptors (Lipinski definition) is 6. The minimum absolute atomic E-state index is 0.00611. The smallest absolute Gasteiger partial charge is 0.275 e. The quantitative estimate of drug-likeness (QED) is 0.690. The first kappa shape index (κ1) is 20.2. The lowest BCUT2D eigenvalue weighted by Crippen LogP contribution is -2.50. The van der Waals surface area contributed by atoms with Crippen LogP contribution in [0.3, 0.4) is 0 Å². The maximum atomic E-state index is 13.1. The van der Waals surface area contributed by atoms with Crippen molar-refractivity contribution in [2.75, 3.05) is 0 Å². The molecule has 30 heavy (non-hydrogen) atoms. The number of fused-ring (bicyclic) bond motifs is 1. The Morgan fingerprint density at radius 3 is 2.60 bits per heavy atom. The minimum atomic E-state index is -0.641. The summed E-state index contributed by atoms with van der Waals surface area (Å²) in [5, 5.41) is 19.8. The van der Waals surface area contributed by atoms with Crippen molar-refractivity contribution in [3.05, 3.63) is 62.8 Å². The van der Waals surface area contributed by atoms with Crippen molar-refractivity contribution < 1.29 is 14.3 Å². The third-order valence-electron chi connectivity index (χ3n) is 5.15. The van der Waals surface area contributed by atoms with E-state index in [1.165, 1.54) is 23.5 Å². The Morgan fingerprint density at radius 2 is 1.93 bits per heavy atom. The maximum Gasteiger partial charge on any atom is 0.275 e. The van der Waals surface area contributed by atoms with Crippen LogP contribution in [-0.4, -0.2) is 42.8 Å². The number of carbonyl (C=O) groups is 1. The summed E-state index contributed by atoms with van der Waals surface area (Å²) in [5.74, 6) is -1.24. The molecular formula is C21H21FN4O3S. The average Bonchev–Trinajstić information content (AvgIpc) is 3.14. The lowest BCUT2D eigenvalue weighted by Gasteiger charge is -2.38. The summed E-state index contributed by atoms with van der Waals surface area (Å²) in [7, 11) is 0. The van der Waals surface area contributed by atoms with Gasteiger partial charge in [-0.15, -0.1) is 10.2 Å². The molecule has 1 aliphatic heterocycles. The number of nitrogens with zero attached hydrogens (tertiary/aromatic N) is 4. The van der Waals surface area contributed by atoms with E-state index in [0.717, 1.165) is 5.56 Å².